The van der Waals surface area contributed by atoms with Gasteiger partial charge in [0, 0.05) is 16.5 Å². The van der Waals surface area contributed by atoms with E-state index in [-0.39, 0.29) is 24.8 Å². The molecule has 0 aliphatic carbocycles. The smallest absolute Gasteiger partial charge is 0.310 e. The lowest BCUT2D eigenvalue weighted by Crippen LogP contribution is -2.36. The molecular formula is C19H17ClN4O4S2. The number of aromatic nitrogens is 2. The number of nitrogens with one attached hydrogen (secondary N) is 1. The standard InChI is InChI=1S/C19H16N4O4S2.ClH/c1-9-7-13(24)23(19(9)26)22-17-15-10(2)12(8-14(25)27-3)29-18(15)21-16(20-17)11-5-4-6-28-11;/h4-7H,8H2,1-3H3,(H,20,21,22);1H. The molecule has 8 nitrogen and oxygen atoms in total. The van der Waals surface area contributed by atoms with Gasteiger partial charge in [0.1, 0.15) is 4.83 Å². The van der Waals surface area contributed by atoms with E-state index in [1.807, 2.05) is 24.4 Å². The average molecular weight is 465 g/mol. The first-order chi connectivity index (χ1) is 13.9. The zero-order chi connectivity index (χ0) is 20.7. The van der Waals surface area contributed by atoms with Gasteiger partial charge in [-0.1, -0.05) is 6.07 Å². The minimum Gasteiger partial charge on any atom is -0.469 e. The van der Waals surface area contributed by atoms with Crippen LogP contribution in [0.2, 0.25) is 0 Å². The van der Waals surface area contributed by atoms with E-state index in [0.29, 0.717) is 27.4 Å². The maximum absolute atomic E-state index is 12.3. The number of hydrogen-bond acceptors (Lipinski definition) is 9. The molecule has 1 N–H and O–H groups in total. The average Bonchev–Trinajstić information content (AvgIpc) is 3.39. The Balaban J connectivity index is 0.00000256. The highest BCUT2D eigenvalue weighted by Gasteiger charge is 2.30. The second kappa shape index (κ2) is 8.50. The van der Waals surface area contributed by atoms with Gasteiger partial charge in [-0.15, -0.1) is 35.1 Å². The number of carbonyl (C=O) groups is 3. The van der Waals surface area contributed by atoms with Crippen LogP contribution >= 0.6 is 35.1 Å². The summed E-state index contributed by atoms with van der Waals surface area (Å²) in [6, 6.07) is 3.78. The van der Waals surface area contributed by atoms with Crippen LogP contribution in [0.15, 0.2) is 29.2 Å². The van der Waals surface area contributed by atoms with Gasteiger partial charge in [0.25, 0.3) is 11.8 Å². The molecule has 0 radical (unpaired) electrons. The summed E-state index contributed by atoms with van der Waals surface area (Å²) < 4.78 is 4.78. The Morgan fingerprint density at radius 2 is 2.03 bits per heavy atom. The van der Waals surface area contributed by atoms with Crippen LogP contribution in [0.4, 0.5) is 5.82 Å². The lowest BCUT2D eigenvalue weighted by Gasteiger charge is -2.17. The van der Waals surface area contributed by atoms with E-state index in [1.54, 1.807) is 6.92 Å². The predicted octanol–water partition coefficient (Wildman–Crippen LogP) is 3.51. The number of anilines is 1. The fourth-order valence-electron chi connectivity index (χ4n) is 2.95. The Bertz CT molecular complexity index is 1190. The lowest BCUT2D eigenvalue weighted by atomic mass is 10.1. The van der Waals surface area contributed by atoms with E-state index in [0.717, 1.165) is 20.3 Å². The van der Waals surface area contributed by atoms with Gasteiger partial charge in [-0.05, 0) is 30.9 Å². The Kier molecular flexibility index (Phi) is 6.20. The number of aryl methyl sites for hydroxylation is 1. The van der Waals surface area contributed by atoms with Gasteiger partial charge in [-0.2, -0.15) is 5.01 Å². The summed E-state index contributed by atoms with van der Waals surface area (Å²) in [6.07, 6.45) is 1.39. The Morgan fingerprint density at radius 3 is 2.63 bits per heavy atom. The number of imide groups is 1. The number of amides is 2. The van der Waals surface area contributed by atoms with Crippen LogP contribution in [0.25, 0.3) is 20.9 Å². The van der Waals surface area contributed by atoms with Crippen molar-refractivity contribution < 1.29 is 19.1 Å². The van der Waals surface area contributed by atoms with Gasteiger partial charge < -0.3 is 4.74 Å². The molecule has 0 fully saturated rings. The highest BCUT2D eigenvalue weighted by Crippen LogP contribution is 2.37. The molecule has 1 aliphatic rings. The fraction of sp³-hybridized carbons (Fsp3) is 0.211. The number of methoxy groups -OCH3 is 1. The summed E-state index contributed by atoms with van der Waals surface area (Å²) in [5, 5.41) is 3.52. The van der Waals surface area contributed by atoms with Crippen molar-refractivity contribution in [2.24, 2.45) is 0 Å². The molecule has 0 unspecified atom stereocenters. The van der Waals surface area contributed by atoms with Crippen molar-refractivity contribution in [3.63, 3.8) is 0 Å². The van der Waals surface area contributed by atoms with E-state index in [4.69, 9.17) is 4.74 Å². The summed E-state index contributed by atoms with van der Waals surface area (Å²) >= 11 is 2.85. The molecule has 0 atom stereocenters. The van der Waals surface area contributed by atoms with Crippen molar-refractivity contribution in [1.82, 2.24) is 15.0 Å². The van der Waals surface area contributed by atoms with Crippen LogP contribution in [0, 0.1) is 6.92 Å². The molecule has 2 amide bonds. The van der Waals surface area contributed by atoms with Gasteiger partial charge in [-0.25, -0.2) is 9.97 Å². The van der Waals surface area contributed by atoms with Crippen LogP contribution in [0.5, 0.6) is 0 Å². The van der Waals surface area contributed by atoms with Gasteiger partial charge in [-0.3, -0.25) is 19.8 Å². The maximum Gasteiger partial charge on any atom is 0.310 e. The number of thiophene rings is 2. The van der Waals surface area contributed by atoms with Gasteiger partial charge in [0.05, 0.1) is 23.8 Å². The minimum atomic E-state index is -0.459. The predicted molar refractivity (Wildman–Crippen MR) is 118 cm³/mol. The topological polar surface area (TPSA) is 101 Å². The van der Waals surface area contributed by atoms with Crippen LogP contribution in [-0.2, 0) is 25.5 Å². The van der Waals surface area contributed by atoms with Crippen molar-refractivity contribution >= 4 is 68.9 Å². The largest absolute Gasteiger partial charge is 0.469 e. The number of fused-ring (bicyclic) bond motifs is 1. The highest BCUT2D eigenvalue weighted by atomic mass is 35.5. The van der Waals surface area contributed by atoms with Crippen LogP contribution in [0.3, 0.4) is 0 Å². The van der Waals surface area contributed by atoms with Gasteiger partial charge in [0.2, 0.25) is 0 Å². The monoisotopic (exact) mass is 464 g/mol. The number of nitrogens with zero attached hydrogens (tertiary/aromatic N) is 3. The highest BCUT2D eigenvalue weighted by molar-refractivity contribution is 7.19. The lowest BCUT2D eigenvalue weighted by molar-refractivity contribution is -0.140. The third-order valence-electron chi connectivity index (χ3n) is 4.48. The molecule has 0 saturated carbocycles. The maximum atomic E-state index is 12.3. The molecule has 4 rings (SSSR count). The second-order valence-corrected chi connectivity index (χ2v) is 8.41. The molecule has 1 aliphatic heterocycles. The zero-order valence-electron chi connectivity index (χ0n) is 16.2. The molecule has 3 aromatic heterocycles. The SMILES string of the molecule is COC(=O)Cc1sc2nc(-c3cccs3)nc(NN3C(=O)C=C(C)C3=O)c2c1C.Cl. The van der Waals surface area contributed by atoms with Crippen molar-refractivity contribution in [3.8, 4) is 10.7 Å². The van der Waals surface area contributed by atoms with Crippen molar-refractivity contribution in [1.29, 1.82) is 0 Å². The number of hydrazine groups is 1. The first-order valence-electron chi connectivity index (χ1n) is 8.63. The van der Waals surface area contributed by atoms with E-state index < -0.39 is 11.8 Å². The van der Waals surface area contributed by atoms with Gasteiger partial charge >= 0.3 is 5.97 Å². The van der Waals surface area contributed by atoms with Crippen LogP contribution in [-0.4, -0.2) is 39.9 Å². The van der Waals surface area contributed by atoms with E-state index in [2.05, 4.69) is 15.4 Å². The number of esters is 1. The minimum absolute atomic E-state index is 0. The molecule has 4 heterocycles. The molecule has 0 saturated heterocycles. The van der Waals surface area contributed by atoms with E-state index in [9.17, 15) is 14.4 Å². The fourth-order valence-corrected chi connectivity index (χ4v) is 4.77. The molecule has 11 heteroatoms. The summed E-state index contributed by atoms with van der Waals surface area (Å²) in [5.41, 5.74) is 4.02. The number of halogens is 1. The Hall–Kier alpha value is -2.82. The molecule has 0 bridgehead atoms. The Labute approximate surface area is 186 Å². The van der Waals surface area contributed by atoms with Crippen molar-refractivity contribution in [2.75, 3.05) is 12.5 Å². The van der Waals surface area contributed by atoms with Gasteiger partial charge in [0.15, 0.2) is 11.6 Å². The molecule has 3 aromatic rings. The quantitative estimate of drug-likeness (QED) is 0.455. The molecule has 156 valence electrons. The number of ether oxygens (including phenoxy) is 1. The molecule has 30 heavy (non-hydrogen) atoms. The number of carbonyl (C=O) groups excluding carboxylic acids is 3. The summed E-state index contributed by atoms with van der Waals surface area (Å²) in [5.74, 6) is -0.426. The summed E-state index contributed by atoms with van der Waals surface area (Å²) in [7, 11) is 1.34. The van der Waals surface area contributed by atoms with Crippen LogP contribution in [0.1, 0.15) is 17.4 Å². The van der Waals surface area contributed by atoms with Crippen LogP contribution < -0.4 is 5.43 Å². The zero-order valence-corrected chi connectivity index (χ0v) is 18.7. The Morgan fingerprint density at radius 1 is 1.27 bits per heavy atom. The summed E-state index contributed by atoms with van der Waals surface area (Å²) in [6.45, 7) is 3.44. The number of hydrogen-bond donors (Lipinski definition) is 1. The third kappa shape index (κ3) is 3.81. The number of rotatable bonds is 5. The van der Waals surface area contributed by atoms with E-state index >= 15 is 0 Å². The first-order valence-corrected chi connectivity index (χ1v) is 10.3. The van der Waals surface area contributed by atoms with E-state index in [1.165, 1.54) is 35.9 Å². The second-order valence-electron chi connectivity index (χ2n) is 6.37. The molecule has 0 aromatic carbocycles. The normalized spacial score (nSPS) is 13.4. The van der Waals surface area contributed by atoms with Crippen molar-refractivity contribution in [3.05, 3.63) is 39.6 Å². The molecular weight excluding hydrogens is 448 g/mol. The first kappa shape index (κ1) is 21.9. The molecule has 0 spiro atoms. The summed E-state index contributed by atoms with van der Waals surface area (Å²) in [4.78, 5) is 47.8. The third-order valence-corrected chi connectivity index (χ3v) is 6.53. The van der Waals surface area contributed by atoms with Crippen molar-refractivity contribution in [2.45, 2.75) is 20.3 Å².